The van der Waals surface area contributed by atoms with Gasteiger partial charge in [0.2, 0.25) is 5.91 Å². The molecule has 1 N–H and O–H groups in total. The van der Waals surface area contributed by atoms with Crippen molar-refractivity contribution >= 4 is 17.7 Å². The van der Waals surface area contributed by atoms with E-state index in [-0.39, 0.29) is 5.92 Å². The molecule has 2 heterocycles. The third-order valence-corrected chi connectivity index (χ3v) is 4.54. The molecule has 1 atom stereocenters. The van der Waals surface area contributed by atoms with E-state index in [1.54, 1.807) is 0 Å². The van der Waals surface area contributed by atoms with Gasteiger partial charge in [0.05, 0.1) is 5.92 Å². The lowest BCUT2D eigenvalue weighted by Crippen LogP contribution is -2.42. The summed E-state index contributed by atoms with van der Waals surface area (Å²) in [6.07, 6.45) is 3.37. The highest BCUT2D eigenvalue weighted by Crippen LogP contribution is 2.23. The molecule has 2 saturated heterocycles. The van der Waals surface area contributed by atoms with E-state index in [1.165, 1.54) is 24.3 Å². The summed E-state index contributed by atoms with van der Waals surface area (Å²) >= 11 is 2.01. The van der Waals surface area contributed by atoms with E-state index in [9.17, 15) is 4.79 Å². The average Bonchev–Trinajstić information content (AvgIpc) is 2.82. The van der Waals surface area contributed by atoms with E-state index in [1.807, 2.05) is 23.7 Å². The molecule has 0 aromatic carbocycles. The first-order valence-corrected chi connectivity index (χ1v) is 6.99. The fourth-order valence-electron chi connectivity index (χ4n) is 2.41. The molecule has 2 aliphatic heterocycles. The maximum absolute atomic E-state index is 12.1. The Balaban J connectivity index is 1.87. The van der Waals surface area contributed by atoms with Crippen molar-refractivity contribution in [3.05, 3.63) is 0 Å². The zero-order valence-corrected chi connectivity index (χ0v) is 10.2. The predicted octanol–water partition coefficient (Wildman–Crippen LogP) is 0.950. The fraction of sp³-hybridized carbons (Fsp3) is 0.909. The molecule has 3 nitrogen and oxygen atoms in total. The highest BCUT2D eigenvalue weighted by atomic mass is 32.2. The topological polar surface area (TPSA) is 32.3 Å². The molecule has 2 fully saturated rings. The standard InChI is InChI=1S/C11H20N2OS/c1-13(10-3-6-15-7-4-10)11(14)9-2-5-12-8-9/h9-10,12H,2-8H2,1H3/t9-/m1/s1. The minimum atomic E-state index is 0.240. The van der Waals surface area contributed by atoms with Gasteiger partial charge in [0, 0.05) is 19.6 Å². The Morgan fingerprint density at radius 1 is 1.33 bits per heavy atom. The van der Waals surface area contributed by atoms with Gasteiger partial charge in [0.1, 0.15) is 0 Å². The summed E-state index contributed by atoms with van der Waals surface area (Å²) in [7, 11) is 1.99. The van der Waals surface area contributed by atoms with Gasteiger partial charge in [-0.2, -0.15) is 11.8 Å². The Morgan fingerprint density at radius 3 is 2.67 bits per heavy atom. The van der Waals surface area contributed by atoms with Gasteiger partial charge in [-0.3, -0.25) is 4.79 Å². The number of amides is 1. The van der Waals surface area contributed by atoms with E-state index in [0.29, 0.717) is 11.9 Å². The number of rotatable bonds is 2. The summed E-state index contributed by atoms with van der Waals surface area (Å²) in [4.78, 5) is 14.1. The number of hydrogen-bond donors (Lipinski definition) is 1. The summed E-state index contributed by atoms with van der Waals surface area (Å²) in [6, 6.07) is 0.499. The Labute approximate surface area is 96.0 Å². The highest BCUT2D eigenvalue weighted by Gasteiger charge is 2.29. The van der Waals surface area contributed by atoms with Gasteiger partial charge in [-0.15, -0.1) is 0 Å². The molecule has 0 aromatic rings. The van der Waals surface area contributed by atoms with Crippen LogP contribution in [0.2, 0.25) is 0 Å². The number of carbonyl (C=O) groups is 1. The van der Waals surface area contributed by atoms with Crippen LogP contribution >= 0.6 is 11.8 Å². The van der Waals surface area contributed by atoms with Crippen LogP contribution in [-0.2, 0) is 4.79 Å². The summed E-state index contributed by atoms with van der Waals surface area (Å²) in [6.45, 7) is 1.88. The molecule has 0 bridgehead atoms. The predicted molar refractivity (Wildman–Crippen MR) is 64.1 cm³/mol. The molecule has 2 rings (SSSR count). The normalized spacial score (nSPS) is 27.9. The second-order valence-corrected chi connectivity index (χ2v) is 5.71. The Hall–Kier alpha value is -0.220. The van der Waals surface area contributed by atoms with E-state index < -0.39 is 0 Å². The van der Waals surface area contributed by atoms with Crippen LogP contribution in [0, 0.1) is 5.92 Å². The molecule has 0 unspecified atom stereocenters. The smallest absolute Gasteiger partial charge is 0.227 e. The number of nitrogens with one attached hydrogen (secondary N) is 1. The minimum Gasteiger partial charge on any atom is -0.342 e. The molecule has 86 valence electrons. The van der Waals surface area contributed by atoms with Crippen LogP contribution in [0.15, 0.2) is 0 Å². The van der Waals surface area contributed by atoms with Crippen molar-refractivity contribution in [2.24, 2.45) is 5.92 Å². The van der Waals surface area contributed by atoms with Gasteiger partial charge in [0.15, 0.2) is 0 Å². The van der Waals surface area contributed by atoms with Crippen molar-refractivity contribution in [3.63, 3.8) is 0 Å². The molecule has 15 heavy (non-hydrogen) atoms. The first kappa shape index (κ1) is 11.3. The maximum Gasteiger partial charge on any atom is 0.227 e. The van der Waals surface area contributed by atoms with Crippen LogP contribution in [0.5, 0.6) is 0 Å². The highest BCUT2D eigenvalue weighted by molar-refractivity contribution is 7.99. The van der Waals surface area contributed by atoms with Gasteiger partial charge in [-0.1, -0.05) is 0 Å². The lowest BCUT2D eigenvalue weighted by atomic mass is 10.0. The molecule has 1 amide bonds. The minimum absolute atomic E-state index is 0.240. The monoisotopic (exact) mass is 228 g/mol. The van der Waals surface area contributed by atoms with Crippen molar-refractivity contribution in [1.29, 1.82) is 0 Å². The van der Waals surface area contributed by atoms with Crippen LogP contribution in [0.25, 0.3) is 0 Å². The molecule has 0 aliphatic carbocycles. The third kappa shape index (κ3) is 2.67. The number of thioether (sulfide) groups is 1. The second-order valence-electron chi connectivity index (χ2n) is 4.48. The molecule has 2 aliphatic rings. The SMILES string of the molecule is CN(C(=O)[C@@H]1CCNC1)C1CCSCC1. The lowest BCUT2D eigenvalue weighted by Gasteiger charge is -2.32. The van der Waals surface area contributed by atoms with Crippen molar-refractivity contribution in [1.82, 2.24) is 10.2 Å². The first-order valence-electron chi connectivity index (χ1n) is 5.84. The number of carbonyl (C=O) groups excluding carboxylic acids is 1. The van der Waals surface area contributed by atoms with Crippen molar-refractivity contribution in [2.45, 2.75) is 25.3 Å². The van der Waals surface area contributed by atoms with E-state index >= 15 is 0 Å². The van der Waals surface area contributed by atoms with Gasteiger partial charge in [-0.05, 0) is 37.3 Å². The summed E-state index contributed by atoms with van der Waals surface area (Å²) in [5.74, 6) is 3.03. The molecular formula is C11H20N2OS. The van der Waals surface area contributed by atoms with Crippen molar-refractivity contribution < 1.29 is 4.79 Å². The van der Waals surface area contributed by atoms with Gasteiger partial charge in [0.25, 0.3) is 0 Å². The van der Waals surface area contributed by atoms with Crippen molar-refractivity contribution in [3.8, 4) is 0 Å². The van der Waals surface area contributed by atoms with E-state index in [4.69, 9.17) is 0 Å². The van der Waals surface area contributed by atoms with Crippen molar-refractivity contribution in [2.75, 3.05) is 31.6 Å². The maximum atomic E-state index is 12.1. The largest absolute Gasteiger partial charge is 0.342 e. The van der Waals surface area contributed by atoms with E-state index in [2.05, 4.69) is 5.32 Å². The third-order valence-electron chi connectivity index (χ3n) is 3.50. The first-order chi connectivity index (χ1) is 7.29. The Bertz CT molecular complexity index is 223. The van der Waals surface area contributed by atoms with E-state index in [0.717, 1.165) is 19.5 Å². The Kier molecular flexibility index (Phi) is 3.92. The average molecular weight is 228 g/mol. The molecule has 0 aromatic heterocycles. The molecule has 0 saturated carbocycles. The van der Waals surface area contributed by atoms with Crippen LogP contribution in [-0.4, -0.2) is 48.5 Å². The van der Waals surface area contributed by atoms with Crippen LogP contribution in [0.3, 0.4) is 0 Å². The quantitative estimate of drug-likeness (QED) is 0.764. The van der Waals surface area contributed by atoms with Crippen LogP contribution in [0.1, 0.15) is 19.3 Å². The number of nitrogens with zero attached hydrogens (tertiary/aromatic N) is 1. The van der Waals surface area contributed by atoms with Crippen LogP contribution < -0.4 is 5.32 Å². The summed E-state index contributed by atoms with van der Waals surface area (Å²) in [5, 5.41) is 3.26. The Morgan fingerprint density at radius 2 is 2.07 bits per heavy atom. The summed E-state index contributed by atoms with van der Waals surface area (Å²) in [5.41, 5.74) is 0. The number of hydrogen-bond acceptors (Lipinski definition) is 3. The molecule has 4 heteroatoms. The fourth-order valence-corrected chi connectivity index (χ4v) is 3.49. The van der Waals surface area contributed by atoms with Gasteiger partial charge in [-0.25, -0.2) is 0 Å². The molecule has 0 radical (unpaired) electrons. The lowest BCUT2D eigenvalue weighted by molar-refractivity contribution is -0.135. The second kappa shape index (κ2) is 5.21. The summed E-state index contributed by atoms with van der Waals surface area (Å²) < 4.78 is 0. The molecular weight excluding hydrogens is 208 g/mol. The zero-order chi connectivity index (χ0) is 10.7. The zero-order valence-electron chi connectivity index (χ0n) is 9.37. The van der Waals surface area contributed by atoms with Crippen LogP contribution in [0.4, 0.5) is 0 Å². The molecule has 0 spiro atoms. The van der Waals surface area contributed by atoms with Gasteiger partial charge < -0.3 is 10.2 Å². The van der Waals surface area contributed by atoms with Gasteiger partial charge >= 0.3 is 0 Å².